The maximum atomic E-state index is 14.1. The van der Waals surface area contributed by atoms with E-state index in [1.54, 1.807) is 37.3 Å². The molecule has 2 saturated heterocycles. The minimum absolute atomic E-state index is 0.0806. The van der Waals surface area contributed by atoms with Crippen molar-refractivity contribution in [3.63, 3.8) is 0 Å². The number of rotatable bonds is 7. The molecule has 2 aromatic carbocycles. The van der Waals surface area contributed by atoms with Crippen LogP contribution >= 0.6 is 0 Å². The maximum absolute atomic E-state index is 14.1. The standard InChI is InChI=1S/C15H16FN3O3.C13H12FN3O3/c1-2-21-15(20)13-14(12-8-5-9-22-12)19(18-17-13)11-7-4-3-6-10(11)16;14-8-4-1-2-5-9(8)17-12(10-6-3-7-20-10)11(13(18)19)15-16-17/h3-4,6-7,12H,2,5,8-9H2,1H3;1-2,4-5,10H,3,6-7H2,(H,18,19). The molecule has 2 fully saturated rings. The van der Waals surface area contributed by atoms with Crippen LogP contribution in [0.2, 0.25) is 0 Å². The van der Waals surface area contributed by atoms with Gasteiger partial charge in [-0.05, 0) is 56.9 Å². The van der Waals surface area contributed by atoms with Crippen LogP contribution in [0.15, 0.2) is 48.5 Å². The van der Waals surface area contributed by atoms with Crippen molar-refractivity contribution in [1.82, 2.24) is 30.0 Å². The van der Waals surface area contributed by atoms with E-state index < -0.39 is 29.7 Å². The Morgan fingerprint density at radius 3 is 1.76 bits per heavy atom. The van der Waals surface area contributed by atoms with Gasteiger partial charge in [-0.15, -0.1) is 10.2 Å². The van der Waals surface area contributed by atoms with Gasteiger partial charge in [0.05, 0.1) is 6.61 Å². The lowest BCUT2D eigenvalue weighted by Gasteiger charge is -2.13. The Morgan fingerprint density at radius 2 is 1.33 bits per heavy atom. The molecule has 0 bridgehead atoms. The van der Waals surface area contributed by atoms with E-state index in [0.717, 1.165) is 19.3 Å². The summed E-state index contributed by atoms with van der Waals surface area (Å²) in [6, 6.07) is 12.2. The third kappa shape index (κ3) is 5.90. The Kier molecular flexibility index (Phi) is 8.93. The molecular formula is C28H28F2N6O6. The predicted octanol–water partition coefficient (Wildman–Crippen LogP) is 4.39. The van der Waals surface area contributed by atoms with Gasteiger partial charge in [-0.25, -0.2) is 27.7 Å². The van der Waals surface area contributed by atoms with E-state index in [1.807, 2.05) is 0 Å². The van der Waals surface area contributed by atoms with Crippen molar-refractivity contribution in [2.24, 2.45) is 0 Å². The van der Waals surface area contributed by atoms with Crippen LogP contribution in [0.4, 0.5) is 8.78 Å². The lowest BCUT2D eigenvalue weighted by atomic mass is 10.1. The molecule has 0 amide bonds. The summed E-state index contributed by atoms with van der Waals surface area (Å²) >= 11 is 0. The summed E-state index contributed by atoms with van der Waals surface area (Å²) in [6.45, 7) is 3.09. The summed E-state index contributed by atoms with van der Waals surface area (Å²) < 4.78 is 46.6. The Bertz CT molecular complexity index is 1560. The van der Waals surface area contributed by atoms with E-state index in [-0.39, 0.29) is 35.5 Å². The summed E-state index contributed by atoms with van der Waals surface area (Å²) in [7, 11) is 0. The van der Waals surface area contributed by atoms with Gasteiger partial charge in [0.1, 0.15) is 46.6 Å². The van der Waals surface area contributed by atoms with Crippen LogP contribution < -0.4 is 0 Å². The van der Waals surface area contributed by atoms with Crippen molar-refractivity contribution in [1.29, 1.82) is 0 Å². The number of aromatic nitrogens is 6. The Labute approximate surface area is 238 Å². The second-order valence-electron chi connectivity index (χ2n) is 9.40. The highest BCUT2D eigenvalue weighted by Gasteiger charge is 2.32. The first-order valence-electron chi connectivity index (χ1n) is 13.4. The topological polar surface area (TPSA) is 143 Å². The number of esters is 1. The van der Waals surface area contributed by atoms with Crippen molar-refractivity contribution in [2.45, 2.75) is 44.8 Å². The first-order chi connectivity index (χ1) is 20.4. The van der Waals surface area contributed by atoms with Gasteiger partial charge in [0, 0.05) is 13.2 Å². The zero-order valence-corrected chi connectivity index (χ0v) is 22.7. The molecule has 2 aliphatic heterocycles. The number of aromatic carboxylic acids is 1. The zero-order valence-electron chi connectivity index (χ0n) is 22.7. The highest BCUT2D eigenvalue weighted by molar-refractivity contribution is 5.88. The van der Waals surface area contributed by atoms with E-state index in [1.165, 1.54) is 27.6 Å². The summed E-state index contributed by atoms with van der Waals surface area (Å²) in [4.78, 5) is 23.3. The molecule has 14 heteroatoms. The molecule has 220 valence electrons. The third-order valence-corrected chi connectivity index (χ3v) is 6.71. The smallest absolute Gasteiger partial charge is 0.360 e. The average Bonchev–Trinajstić information content (AvgIpc) is 3.79. The van der Waals surface area contributed by atoms with Crippen LogP contribution in [0.5, 0.6) is 0 Å². The fraction of sp³-hybridized carbons (Fsp3) is 0.357. The molecule has 1 N–H and O–H groups in total. The number of hydrogen-bond donors (Lipinski definition) is 1. The van der Waals surface area contributed by atoms with Gasteiger partial charge in [-0.2, -0.15) is 0 Å². The molecule has 4 aromatic rings. The van der Waals surface area contributed by atoms with Gasteiger partial charge in [0.15, 0.2) is 11.4 Å². The normalized spacial score (nSPS) is 18.0. The predicted molar refractivity (Wildman–Crippen MR) is 141 cm³/mol. The van der Waals surface area contributed by atoms with E-state index in [4.69, 9.17) is 14.2 Å². The number of nitrogens with zero attached hydrogens (tertiary/aromatic N) is 6. The highest BCUT2D eigenvalue weighted by Crippen LogP contribution is 2.33. The molecule has 2 atom stereocenters. The summed E-state index contributed by atoms with van der Waals surface area (Å²) in [6.07, 6.45) is 2.34. The molecule has 2 aliphatic rings. The number of para-hydroxylation sites is 2. The van der Waals surface area contributed by atoms with E-state index in [9.17, 15) is 23.5 Å². The number of carboxylic acid groups (broad SMARTS) is 1. The fourth-order valence-corrected chi connectivity index (χ4v) is 4.84. The summed E-state index contributed by atoms with van der Waals surface area (Å²) in [5.74, 6) is -2.70. The average molecular weight is 583 g/mol. The first-order valence-corrected chi connectivity index (χ1v) is 13.4. The van der Waals surface area contributed by atoms with Crippen molar-refractivity contribution in [2.75, 3.05) is 19.8 Å². The van der Waals surface area contributed by atoms with Crippen molar-refractivity contribution < 1.29 is 37.7 Å². The second-order valence-corrected chi connectivity index (χ2v) is 9.40. The van der Waals surface area contributed by atoms with Crippen LogP contribution in [0.25, 0.3) is 11.4 Å². The molecule has 0 radical (unpaired) electrons. The second kappa shape index (κ2) is 13.0. The lowest BCUT2D eigenvalue weighted by Crippen LogP contribution is -2.14. The SMILES string of the molecule is CCOC(=O)c1nnn(-c2ccccc2F)c1C1CCCO1.O=C(O)c1nnn(-c2ccccc2F)c1C1CCCO1. The van der Waals surface area contributed by atoms with Crippen LogP contribution in [0, 0.1) is 11.6 Å². The fourth-order valence-electron chi connectivity index (χ4n) is 4.84. The minimum Gasteiger partial charge on any atom is -0.476 e. The molecular weight excluding hydrogens is 554 g/mol. The molecule has 2 unspecified atom stereocenters. The number of carboxylic acids is 1. The van der Waals surface area contributed by atoms with Crippen LogP contribution in [0.3, 0.4) is 0 Å². The van der Waals surface area contributed by atoms with Crippen molar-refractivity contribution in [3.8, 4) is 11.4 Å². The summed E-state index contributed by atoms with van der Waals surface area (Å²) in [5.41, 5.74) is 1.02. The molecule has 0 saturated carbocycles. The lowest BCUT2D eigenvalue weighted by molar-refractivity contribution is 0.0505. The van der Waals surface area contributed by atoms with Crippen molar-refractivity contribution in [3.05, 3.63) is 82.9 Å². The summed E-state index contributed by atoms with van der Waals surface area (Å²) in [5, 5.41) is 24.4. The number of carbonyl (C=O) groups is 2. The third-order valence-electron chi connectivity index (χ3n) is 6.71. The van der Waals surface area contributed by atoms with E-state index in [2.05, 4.69) is 20.6 Å². The number of halogens is 2. The number of benzene rings is 2. The Balaban J connectivity index is 0.000000169. The molecule has 6 rings (SSSR count). The quantitative estimate of drug-likeness (QED) is 0.312. The van der Waals surface area contributed by atoms with Crippen LogP contribution in [-0.4, -0.2) is 66.9 Å². The maximum Gasteiger partial charge on any atom is 0.360 e. The van der Waals surface area contributed by atoms with Crippen molar-refractivity contribution >= 4 is 11.9 Å². The highest BCUT2D eigenvalue weighted by atomic mass is 19.1. The molecule has 0 spiro atoms. The van der Waals surface area contributed by atoms with E-state index in [0.29, 0.717) is 31.0 Å². The monoisotopic (exact) mass is 582 g/mol. The van der Waals surface area contributed by atoms with Gasteiger partial charge in [0.25, 0.3) is 0 Å². The largest absolute Gasteiger partial charge is 0.476 e. The van der Waals surface area contributed by atoms with Gasteiger partial charge in [0.2, 0.25) is 0 Å². The Hall–Kier alpha value is -4.56. The molecule has 0 aliphatic carbocycles. The van der Waals surface area contributed by atoms with Gasteiger partial charge in [-0.3, -0.25) is 0 Å². The molecule has 42 heavy (non-hydrogen) atoms. The molecule has 12 nitrogen and oxygen atoms in total. The Morgan fingerprint density at radius 1 is 0.857 bits per heavy atom. The van der Waals surface area contributed by atoms with Gasteiger partial charge >= 0.3 is 11.9 Å². The molecule has 2 aromatic heterocycles. The van der Waals surface area contributed by atoms with Gasteiger partial charge < -0.3 is 19.3 Å². The van der Waals surface area contributed by atoms with Crippen LogP contribution in [-0.2, 0) is 14.2 Å². The zero-order chi connectivity index (χ0) is 29.6. The first kappa shape index (κ1) is 29.0. The van der Waals surface area contributed by atoms with E-state index >= 15 is 0 Å². The molecule has 4 heterocycles. The number of carbonyl (C=O) groups excluding carboxylic acids is 1. The van der Waals surface area contributed by atoms with Gasteiger partial charge in [-0.1, -0.05) is 34.7 Å². The van der Waals surface area contributed by atoms with Crippen LogP contribution in [0.1, 0.15) is 77.2 Å². The number of hydrogen-bond acceptors (Lipinski definition) is 9. The number of ether oxygens (including phenoxy) is 3. The minimum atomic E-state index is -1.20.